The molecule has 4 aliphatic rings. The van der Waals surface area contributed by atoms with E-state index in [2.05, 4.69) is 164 Å². The Bertz CT molecular complexity index is 3300. The van der Waals surface area contributed by atoms with Crippen molar-refractivity contribution in [2.75, 3.05) is 0 Å². The van der Waals surface area contributed by atoms with Gasteiger partial charge in [0, 0.05) is 27.5 Å². The van der Waals surface area contributed by atoms with Crippen molar-refractivity contribution in [1.29, 1.82) is 0 Å². The Morgan fingerprint density at radius 1 is 0.258 bits per heavy atom. The van der Waals surface area contributed by atoms with Crippen LogP contribution in [0.25, 0.3) is 89.8 Å². The number of hydrogen-bond donors (Lipinski definition) is 0. The Kier molecular flexibility index (Phi) is 9.34. The predicted molar refractivity (Wildman–Crippen MR) is 271 cm³/mol. The Morgan fingerprint density at radius 3 is 1.36 bits per heavy atom. The van der Waals surface area contributed by atoms with Crippen LogP contribution in [0.1, 0.15) is 86.5 Å². The Balaban J connectivity index is 0.911. The van der Waals surface area contributed by atoms with Gasteiger partial charge in [-0.1, -0.05) is 202 Å². The van der Waals surface area contributed by atoms with E-state index in [0.717, 1.165) is 27.8 Å². The molecule has 2 saturated carbocycles. The van der Waals surface area contributed by atoms with Crippen LogP contribution in [0.2, 0.25) is 0 Å². The highest BCUT2D eigenvalue weighted by molar-refractivity contribution is 5.97. The van der Waals surface area contributed by atoms with Gasteiger partial charge in [-0.2, -0.15) is 0 Å². The second-order valence-electron chi connectivity index (χ2n) is 19.3. The SMILES string of the molecule is c1ccc(-c2ccc(-c3nc(-c4ccccc4)nc(-c4cccc(-c5cccc(-c6cccc7c6-c6cc8c(cc6C76CCCCC6)-c6ccccc6C86CCCCC6)c5)c4)n3)cc2)cc1. The Hall–Kier alpha value is -7.23. The predicted octanol–water partition coefficient (Wildman–Crippen LogP) is 16.3. The van der Waals surface area contributed by atoms with Crippen molar-refractivity contribution in [3.63, 3.8) is 0 Å². The molecule has 1 heterocycles. The first-order valence-electron chi connectivity index (χ1n) is 24.3. The van der Waals surface area contributed by atoms with E-state index in [1.807, 2.05) is 24.3 Å². The van der Waals surface area contributed by atoms with Crippen LogP contribution >= 0.6 is 0 Å². The highest BCUT2D eigenvalue weighted by atomic mass is 15.0. The van der Waals surface area contributed by atoms with E-state index in [9.17, 15) is 0 Å². The van der Waals surface area contributed by atoms with Crippen molar-refractivity contribution in [1.82, 2.24) is 15.0 Å². The van der Waals surface area contributed by atoms with Crippen molar-refractivity contribution in [3.8, 4) is 89.8 Å². The minimum Gasteiger partial charge on any atom is -0.208 e. The maximum atomic E-state index is 5.15. The molecular weight excluding hydrogens is 799 g/mol. The van der Waals surface area contributed by atoms with Crippen molar-refractivity contribution in [2.24, 2.45) is 0 Å². The van der Waals surface area contributed by atoms with E-state index in [0.29, 0.717) is 17.5 Å². The number of aromatic nitrogens is 3. The molecule has 0 amide bonds. The molecule has 0 N–H and O–H groups in total. The van der Waals surface area contributed by atoms with Gasteiger partial charge in [-0.25, -0.2) is 15.0 Å². The lowest BCUT2D eigenvalue weighted by Gasteiger charge is -2.37. The summed E-state index contributed by atoms with van der Waals surface area (Å²) in [6.07, 6.45) is 12.8. The first kappa shape index (κ1) is 39.2. The fraction of sp³-hybridized carbons (Fsp3) is 0.190. The molecule has 0 radical (unpaired) electrons. The van der Waals surface area contributed by atoms with Crippen LogP contribution in [0.4, 0.5) is 0 Å². The minimum absolute atomic E-state index is 0.0586. The van der Waals surface area contributed by atoms with Crippen LogP contribution in [0.15, 0.2) is 188 Å². The highest BCUT2D eigenvalue weighted by Gasteiger charge is 2.49. The summed E-state index contributed by atoms with van der Waals surface area (Å²) in [4.78, 5) is 15.3. The molecule has 13 rings (SSSR count). The first-order chi connectivity index (χ1) is 32.6. The molecule has 3 nitrogen and oxygen atoms in total. The van der Waals surface area contributed by atoms with Gasteiger partial charge >= 0.3 is 0 Å². The standard InChI is InChI=1S/C63H51N3/c1-5-18-42(19-6-1)43-30-32-45(33-31-43)60-64-59(44-20-7-2-8-21-44)65-61(66-60)49-25-16-23-47(39-49)46-22-15-24-48(38-46)50-27-17-29-55-58(50)53-41-56-52(40-57(53)63(55)36-13-4-14-37-63)51-26-9-10-28-54(51)62(56)34-11-3-12-35-62/h1-2,5-10,15-33,38-41H,3-4,11-14,34-37H2. The molecular formula is C63H51N3. The molecule has 2 fully saturated rings. The molecule has 0 unspecified atom stereocenters. The van der Waals surface area contributed by atoms with Crippen LogP contribution in [0.3, 0.4) is 0 Å². The summed E-state index contributed by atoms with van der Waals surface area (Å²) in [5, 5.41) is 0. The molecule has 3 heteroatoms. The molecule has 66 heavy (non-hydrogen) atoms. The topological polar surface area (TPSA) is 38.7 Å². The molecule has 1 aromatic heterocycles. The average Bonchev–Trinajstić information content (AvgIpc) is 3.81. The van der Waals surface area contributed by atoms with Gasteiger partial charge in [0.1, 0.15) is 0 Å². The summed E-state index contributed by atoms with van der Waals surface area (Å²) in [5.41, 5.74) is 22.5. The quantitative estimate of drug-likeness (QED) is 0.167. The van der Waals surface area contributed by atoms with Crippen LogP contribution in [-0.2, 0) is 10.8 Å². The Labute approximate surface area is 388 Å². The lowest BCUT2D eigenvalue weighted by molar-refractivity contribution is 0.350. The third kappa shape index (κ3) is 6.27. The van der Waals surface area contributed by atoms with Crippen LogP contribution < -0.4 is 0 Å². The Morgan fingerprint density at radius 2 is 0.682 bits per heavy atom. The van der Waals surface area contributed by atoms with E-state index in [-0.39, 0.29) is 10.8 Å². The number of rotatable bonds is 6. The van der Waals surface area contributed by atoms with E-state index in [1.54, 1.807) is 22.3 Å². The van der Waals surface area contributed by atoms with Gasteiger partial charge in [-0.3, -0.25) is 0 Å². The lowest BCUT2D eigenvalue weighted by Crippen LogP contribution is -2.29. The first-order valence-corrected chi connectivity index (χ1v) is 24.3. The summed E-state index contributed by atoms with van der Waals surface area (Å²) in [5.74, 6) is 1.97. The number of fused-ring (bicyclic) bond motifs is 10. The second kappa shape index (κ2) is 15.7. The van der Waals surface area contributed by atoms with E-state index >= 15 is 0 Å². The number of hydrogen-bond acceptors (Lipinski definition) is 3. The van der Waals surface area contributed by atoms with Gasteiger partial charge in [0.25, 0.3) is 0 Å². The lowest BCUT2D eigenvalue weighted by atomic mass is 9.66. The van der Waals surface area contributed by atoms with Crippen LogP contribution in [0, 0.1) is 0 Å². The normalized spacial score (nSPS) is 16.1. The average molecular weight is 850 g/mol. The second-order valence-corrected chi connectivity index (χ2v) is 19.3. The summed E-state index contributed by atoms with van der Waals surface area (Å²) in [6, 6.07) is 69.2. The van der Waals surface area contributed by atoms with Crippen molar-refractivity contribution >= 4 is 0 Å². The molecule has 0 bridgehead atoms. The molecule has 4 aliphatic carbocycles. The van der Waals surface area contributed by atoms with Gasteiger partial charge in [0.05, 0.1) is 0 Å². The molecule has 8 aromatic carbocycles. The zero-order chi connectivity index (χ0) is 43.7. The molecule has 9 aromatic rings. The van der Waals surface area contributed by atoms with Gasteiger partial charge in [0.15, 0.2) is 17.5 Å². The highest BCUT2D eigenvalue weighted by Crippen LogP contribution is 2.63. The van der Waals surface area contributed by atoms with Crippen molar-refractivity contribution in [3.05, 3.63) is 210 Å². The third-order valence-electron chi connectivity index (χ3n) is 15.7. The summed E-state index contributed by atoms with van der Waals surface area (Å²) < 4.78 is 0. The van der Waals surface area contributed by atoms with Crippen molar-refractivity contribution in [2.45, 2.75) is 75.0 Å². The maximum absolute atomic E-state index is 5.15. The van der Waals surface area contributed by atoms with Gasteiger partial charge in [-0.05, 0) is 128 Å². The molecule has 318 valence electrons. The fourth-order valence-electron chi connectivity index (χ4n) is 12.6. The van der Waals surface area contributed by atoms with E-state index in [4.69, 9.17) is 15.0 Å². The smallest absolute Gasteiger partial charge is 0.164 e. The zero-order valence-electron chi connectivity index (χ0n) is 37.3. The summed E-state index contributed by atoms with van der Waals surface area (Å²) in [7, 11) is 0. The van der Waals surface area contributed by atoms with E-state index in [1.165, 1.54) is 109 Å². The minimum atomic E-state index is 0.0586. The fourth-order valence-corrected chi connectivity index (χ4v) is 12.6. The third-order valence-corrected chi connectivity index (χ3v) is 15.7. The van der Waals surface area contributed by atoms with Gasteiger partial charge in [0.2, 0.25) is 0 Å². The zero-order valence-corrected chi connectivity index (χ0v) is 37.3. The number of nitrogens with zero attached hydrogens (tertiary/aromatic N) is 3. The van der Waals surface area contributed by atoms with Crippen LogP contribution in [0.5, 0.6) is 0 Å². The van der Waals surface area contributed by atoms with E-state index < -0.39 is 0 Å². The molecule has 0 atom stereocenters. The van der Waals surface area contributed by atoms with Crippen LogP contribution in [-0.4, -0.2) is 15.0 Å². The summed E-state index contributed by atoms with van der Waals surface area (Å²) >= 11 is 0. The van der Waals surface area contributed by atoms with Gasteiger partial charge < -0.3 is 0 Å². The monoisotopic (exact) mass is 849 g/mol. The van der Waals surface area contributed by atoms with Crippen molar-refractivity contribution < 1.29 is 0 Å². The summed E-state index contributed by atoms with van der Waals surface area (Å²) in [6.45, 7) is 0. The molecule has 0 aliphatic heterocycles. The molecule has 0 saturated heterocycles. The largest absolute Gasteiger partial charge is 0.208 e. The molecule has 2 spiro atoms. The maximum Gasteiger partial charge on any atom is 0.164 e. The van der Waals surface area contributed by atoms with Gasteiger partial charge in [-0.15, -0.1) is 0 Å². The number of benzene rings is 8.